The fourth-order valence-electron chi connectivity index (χ4n) is 1.59. The molecule has 0 unspecified atom stereocenters. The number of carbonyl (C=O) groups excluding carboxylic acids is 1. The third-order valence-corrected chi connectivity index (χ3v) is 2.33. The van der Waals surface area contributed by atoms with E-state index < -0.39 is 6.36 Å². The van der Waals surface area contributed by atoms with E-state index in [1.807, 2.05) is 0 Å². The molecule has 0 fully saturated rings. The van der Waals surface area contributed by atoms with E-state index >= 15 is 0 Å². The van der Waals surface area contributed by atoms with Crippen LogP contribution in [0.4, 0.5) is 13.2 Å². The first kappa shape index (κ1) is 15.3. The van der Waals surface area contributed by atoms with Crippen LogP contribution in [0.25, 0.3) is 0 Å². The lowest BCUT2D eigenvalue weighted by Gasteiger charge is -2.12. The number of ether oxygens (including phenoxy) is 2. The van der Waals surface area contributed by atoms with Gasteiger partial charge in [-0.25, -0.2) is 0 Å². The van der Waals surface area contributed by atoms with Gasteiger partial charge in [0.25, 0.3) is 0 Å². The van der Waals surface area contributed by atoms with Gasteiger partial charge in [0.1, 0.15) is 5.75 Å². The van der Waals surface area contributed by atoms with Gasteiger partial charge in [-0.15, -0.1) is 13.2 Å². The van der Waals surface area contributed by atoms with Crippen LogP contribution in [0.1, 0.15) is 25.3 Å². The summed E-state index contributed by atoms with van der Waals surface area (Å²) in [4.78, 5) is 11.1. The highest BCUT2D eigenvalue weighted by Crippen LogP contribution is 2.27. The monoisotopic (exact) mass is 276 g/mol. The summed E-state index contributed by atoms with van der Waals surface area (Å²) in [6.07, 6.45) is -3.80. The quantitative estimate of drug-likeness (QED) is 0.746. The molecule has 6 heteroatoms. The van der Waals surface area contributed by atoms with Crippen LogP contribution in [-0.2, 0) is 16.0 Å². The van der Waals surface area contributed by atoms with Crippen LogP contribution in [0.15, 0.2) is 24.3 Å². The number of aryl methyl sites for hydroxylation is 1. The molecule has 1 rings (SSSR count). The number of benzene rings is 1. The Morgan fingerprint density at radius 1 is 1.26 bits per heavy atom. The summed E-state index contributed by atoms with van der Waals surface area (Å²) in [7, 11) is 0. The van der Waals surface area contributed by atoms with E-state index in [9.17, 15) is 18.0 Å². The van der Waals surface area contributed by atoms with E-state index in [2.05, 4.69) is 4.74 Å². The minimum absolute atomic E-state index is 0.175. The van der Waals surface area contributed by atoms with Crippen molar-refractivity contribution >= 4 is 5.97 Å². The van der Waals surface area contributed by atoms with E-state index in [-0.39, 0.29) is 18.1 Å². The normalized spacial score (nSPS) is 11.2. The Morgan fingerprint density at radius 3 is 2.58 bits per heavy atom. The number of hydrogen-bond donors (Lipinski definition) is 0. The smallest absolute Gasteiger partial charge is 0.466 e. The van der Waals surface area contributed by atoms with Crippen LogP contribution in [0.3, 0.4) is 0 Å². The third kappa shape index (κ3) is 6.13. The second kappa shape index (κ2) is 7.01. The minimum atomic E-state index is -4.71. The molecule has 0 aliphatic heterocycles. The number of hydrogen-bond acceptors (Lipinski definition) is 3. The van der Waals surface area contributed by atoms with E-state index in [1.54, 1.807) is 19.1 Å². The lowest BCUT2D eigenvalue weighted by atomic mass is 10.1. The molecule has 1 aromatic rings. The molecular weight excluding hydrogens is 261 g/mol. The molecule has 0 saturated heterocycles. The summed E-state index contributed by atoms with van der Waals surface area (Å²) in [6, 6.07) is 5.90. The molecule has 0 amide bonds. The summed E-state index contributed by atoms with van der Waals surface area (Å²) >= 11 is 0. The predicted octanol–water partition coefficient (Wildman–Crippen LogP) is 3.47. The maximum Gasteiger partial charge on any atom is 0.573 e. The zero-order chi connectivity index (χ0) is 14.3. The molecule has 0 N–H and O–H groups in total. The number of carbonyl (C=O) groups is 1. The fraction of sp³-hybridized carbons (Fsp3) is 0.462. The molecule has 19 heavy (non-hydrogen) atoms. The lowest BCUT2D eigenvalue weighted by Crippen LogP contribution is -2.18. The molecule has 1 aromatic carbocycles. The fourth-order valence-corrected chi connectivity index (χ4v) is 1.59. The van der Waals surface area contributed by atoms with Crippen LogP contribution >= 0.6 is 0 Å². The van der Waals surface area contributed by atoms with Crippen molar-refractivity contribution in [2.75, 3.05) is 6.61 Å². The van der Waals surface area contributed by atoms with Crippen LogP contribution in [0.5, 0.6) is 5.75 Å². The third-order valence-electron chi connectivity index (χ3n) is 2.33. The summed E-state index contributed by atoms with van der Waals surface area (Å²) in [6.45, 7) is 2.00. The van der Waals surface area contributed by atoms with E-state index in [1.165, 1.54) is 12.1 Å². The molecule has 106 valence electrons. The topological polar surface area (TPSA) is 35.5 Å². The Morgan fingerprint density at radius 2 is 1.95 bits per heavy atom. The Kier molecular flexibility index (Phi) is 5.66. The first-order chi connectivity index (χ1) is 8.92. The van der Waals surface area contributed by atoms with Crippen LogP contribution in [0.2, 0.25) is 0 Å². The molecule has 0 aliphatic rings. The van der Waals surface area contributed by atoms with Crippen LogP contribution < -0.4 is 4.74 Å². The first-order valence-electron chi connectivity index (χ1n) is 5.91. The van der Waals surface area contributed by atoms with E-state index in [0.29, 0.717) is 25.0 Å². The average molecular weight is 276 g/mol. The Balaban J connectivity index is 2.56. The standard InChI is InChI=1S/C13H15F3O3/c1-2-18-12(17)9-5-7-10-6-3-4-8-11(10)19-13(14,15)16/h3-4,6,8H,2,5,7,9H2,1H3. The molecule has 3 nitrogen and oxygen atoms in total. The second-order valence-corrected chi connectivity index (χ2v) is 3.81. The van der Waals surface area contributed by atoms with Gasteiger partial charge in [0.15, 0.2) is 0 Å². The Bertz CT molecular complexity index is 416. The van der Waals surface area contributed by atoms with Crippen LogP contribution in [-0.4, -0.2) is 18.9 Å². The van der Waals surface area contributed by atoms with Crippen molar-refractivity contribution in [2.24, 2.45) is 0 Å². The largest absolute Gasteiger partial charge is 0.573 e. The van der Waals surface area contributed by atoms with Gasteiger partial charge in [-0.2, -0.15) is 0 Å². The molecule has 0 spiro atoms. The maximum absolute atomic E-state index is 12.2. The number of esters is 1. The number of rotatable bonds is 6. The minimum Gasteiger partial charge on any atom is -0.466 e. The van der Waals surface area contributed by atoms with Gasteiger partial charge in [0, 0.05) is 6.42 Å². The molecule has 0 saturated carbocycles. The van der Waals surface area contributed by atoms with Gasteiger partial charge >= 0.3 is 12.3 Å². The van der Waals surface area contributed by atoms with E-state index in [0.717, 1.165) is 0 Å². The second-order valence-electron chi connectivity index (χ2n) is 3.81. The zero-order valence-electron chi connectivity index (χ0n) is 10.5. The molecule has 0 atom stereocenters. The van der Waals surface area contributed by atoms with Crippen molar-refractivity contribution < 1.29 is 27.4 Å². The van der Waals surface area contributed by atoms with Gasteiger partial charge < -0.3 is 9.47 Å². The lowest BCUT2D eigenvalue weighted by molar-refractivity contribution is -0.274. The van der Waals surface area contributed by atoms with Crippen molar-refractivity contribution in [2.45, 2.75) is 32.5 Å². The predicted molar refractivity (Wildman–Crippen MR) is 62.7 cm³/mol. The SMILES string of the molecule is CCOC(=O)CCCc1ccccc1OC(F)(F)F. The van der Waals surface area contributed by atoms with Gasteiger partial charge in [0.05, 0.1) is 6.61 Å². The average Bonchev–Trinajstić information content (AvgIpc) is 2.30. The summed E-state index contributed by atoms with van der Waals surface area (Å²) in [5.41, 5.74) is 0.420. The number of alkyl halides is 3. The highest BCUT2D eigenvalue weighted by atomic mass is 19.4. The van der Waals surface area contributed by atoms with Crippen molar-refractivity contribution in [1.29, 1.82) is 0 Å². The van der Waals surface area contributed by atoms with Crippen LogP contribution in [0, 0.1) is 0 Å². The zero-order valence-corrected chi connectivity index (χ0v) is 10.5. The number of para-hydroxylation sites is 1. The van der Waals surface area contributed by atoms with E-state index in [4.69, 9.17) is 4.74 Å². The Hall–Kier alpha value is -1.72. The molecule has 0 bridgehead atoms. The van der Waals surface area contributed by atoms with Crippen molar-refractivity contribution in [3.63, 3.8) is 0 Å². The highest BCUT2D eigenvalue weighted by molar-refractivity contribution is 5.69. The summed E-state index contributed by atoms with van der Waals surface area (Å²) in [5, 5.41) is 0. The molecule has 0 radical (unpaired) electrons. The highest BCUT2D eigenvalue weighted by Gasteiger charge is 2.31. The molecule has 0 aromatic heterocycles. The van der Waals surface area contributed by atoms with Gasteiger partial charge in [-0.3, -0.25) is 4.79 Å². The van der Waals surface area contributed by atoms with Crippen molar-refractivity contribution in [1.82, 2.24) is 0 Å². The van der Waals surface area contributed by atoms with Crippen molar-refractivity contribution in [3.05, 3.63) is 29.8 Å². The van der Waals surface area contributed by atoms with Crippen molar-refractivity contribution in [3.8, 4) is 5.75 Å². The summed E-state index contributed by atoms with van der Waals surface area (Å²) in [5.74, 6) is -0.574. The molecular formula is C13H15F3O3. The molecule has 0 heterocycles. The summed E-state index contributed by atoms with van der Waals surface area (Å²) < 4.78 is 45.2. The van der Waals surface area contributed by atoms with Gasteiger partial charge in [0.2, 0.25) is 0 Å². The first-order valence-corrected chi connectivity index (χ1v) is 5.91. The molecule has 0 aliphatic carbocycles. The number of halogens is 3. The Labute approximate surface area is 109 Å². The van der Waals surface area contributed by atoms with Gasteiger partial charge in [-0.1, -0.05) is 18.2 Å². The van der Waals surface area contributed by atoms with Gasteiger partial charge in [-0.05, 0) is 31.4 Å². The maximum atomic E-state index is 12.2.